The van der Waals surface area contributed by atoms with Crippen LogP contribution >= 0.6 is 0 Å². The maximum Gasteiger partial charge on any atom is 0.257 e. The van der Waals surface area contributed by atoms with Crippen molar-refractivity contribution in [3.05, 3.63) is 55.9 Å². The summed E-state index contributed by atoms with van der Waals surface area (Å²) in [6, 6.07) is 1.57. The largest absolute Gasteiger partial charge is 0.384 e. The highest BCUT2D eigenvalue weighted by Gasteiger charge is 2.23. The zero-order valence-corrected chi connectivity index (χ0v) is 23.5. The number of methoxy groups -OCH3 is 2. The van der Waals surface area contributed by atoms with Gasteiger partial charge in [-0.1, -0.05) is 0 Å². The highest BCUT2D eigenvalue weighted by atomic mass is 32.2. The molecule has 0 radical (unpaired) electrons. The lowest BCUT2D eigenvalue weighted by molar-refractivity contribution is 0.182. The molecule has 0 amide bonds. The fourth-order valence-electron chi connectivity index (χ4n) is 4.15. The van der Waals surface area contributed by atoms with Crippen LogP contribution in [0.4, 0.5) is 0 Å². The van der Waals surface area contributed by atoms with Gasteiger partial charge in [-0.05, 0) is 11.6 Å². The number of ether oxygens (including phenoxy) is 2. The fraction of sp³-hybridized carbons (Fsp3) is 0.391. The Balaban J connectivity index is 2.10. The topological polar surface area (TPSA) is 182 Å². The quantitative estimate of drug-likeness (QED) is 0.235. The molecule has 4 aromatic heterocycles. The Morgan fingerprint density at radius 1 is 0.846 bits per heavy atom. The normalized spacial score (nSPS) is 12.4. The summed E-state index contributed by atoms with van der Waals surface area (Å²) in [5, 5.41) is -0.244. The molecule has 4 aromatic rings. The van der Waals surface area contributed by atoms with Crippen LogP contribution in [0, 0.1) is 0 Å². The third-order valence-corrected chi connectivity index (χ3v) is 7.76. The molecule has 39 heavy (non-hydrogen) atoms. The molecule has 0 aromatic carbocycles. The maximum absolute atomic E-state index is 13.7. The Bertz CT molecular complexity index is 1950. The van der Waals surface area contributed by atoms with Crippen molar-refractivity contribution in [1.29, 1.82) is 0 Å². The molecule has 16 heteroatoms. The molecule has 4 rings (SSSR count). The van der Waals surface area contributed by atoms with E-state index in [1.807, 2.05) is 0 Å². The van der Waals surface area contributed by atoms with Crippen molar-refractivity contribution < 1.29 is 26.3 Å². The summed E-state index contributed by atoms with van der Waals surface area (Å²) in [5.41, 5.74) is -0.102. The molecule has 4 heterocycles. The number of aryl methyl sites for hydroxylation is 1. The van der Waals surface area contributed by atoms with Crippen molar-refractivity contribution in [1.82, 2.24) is 29.1 Å². The molecule has 0 N–H and O–H groups in total. The molecule has 0 aliphatic rings. The van der Waals surface area contributed by atoms with Gasteiger partial charge in [0.25, 0.3) is 11.1 Å². The molecule has 0 bridgehead atoms. The molecule has 0 spiro atoms. The zero-order chi connectivity index (χ0) is 28.7. The number of rotatable bonds is 9. The first-order valence-corrected chi connectivity index (χ1v) is 15.2. The highest BCUT2D eigenvalue weighted by Crippen LogP contribution is 2.23. The molecule has 0 saturated heterocycles. The summed E-state index contributed by atoms with van der Waals surface area (Å²) in [5.74, 6) is 0. The predicted molar refractivity (Wildman–Crippen MR) is 140 cm³/mol. The van der Waals surface area contributed by atoms with Gasteiger partial charge < -0.3 is 9.47 Å². The Labute approximate surface area is 223 Å². The molecule has 0 aliphatic heterocycles. The van der Waals surface area contributed by atoms with Gasteiger partial charge >= 0.3 is 0 Å². The van der Waals surface area contributed by atoms with E-state index in [-0.39, 0.29) is 43.0 Å². The summed E-state index contributed by atoms with van der Waals surface area (Å²) in [6.07, 6.45) is 4.73. The van der Waals surface area contributed by atoms with E-state index in [0.717, 1.165) is 12.5 Å². The molecular formula is C23H26N6O8S2. The summed E-state index contributed by atoms with van der Waals surface area (Å²) >= 11 is 0. The second kappa shape index (κ2) is 10.5. The Morgan fingerprint density at radius 2 is 1.46 bits per heavy atom. The standard InChI is InChI=1S/C23H26N6O8S2/c1-28-19-15(10-25-23(27-19)39(5,34)35)16(17(12-37-3)21(28)31)11-29-18-14(8-13(20(29)30)6-7-36-2)9-24-22(26-18)38(4,32)33/h8-10H,6-7,11-12H2,1-5H3. The summed E-state index contributed by atoms with van der Waals surface area (Å²) in [7, 11) is -3.27. The number of nitrogens with zero attached hydrogens (tertiary/aromatic N) is 6. The fourth-order valence-corrected chi connectivity index (χ4v) is 5.14. The van der Waals surface area contributed by atoms with Crippen molar-refractivity contribution in [3.63, 3.8) is 0 Å². The SMILES string of the molecule is COCCc1cc2cnc(S(C)(=O)=O)nc2n(Cc2c(COC)c(=O)n(C)c3nc(S(C)(=O)=O)ncc23)c1=O. The van der Waals surface area contributed by atoms with Crippen LogP contribution in [0.2, 0.25) is 0 Å². The number of hydrogen-bond donors (Lipinski definition) is 0. The Morgan fingerprint density at radius 3 is 2.05 bits per heavy atom. The second-order valence-corrected chi connectivity index (χ2v) is 12.7. The van der Waals surface area contributed by atoms with E-state index in [9.17, 15) is 26.4 Å². The minimum absolute atomic E-state index is 0.0301. The lowest BCUT2D eigenvalue weighted by Gasteiger charge is -2.18. The van der Waals surface area contributed by atoms with Gasteiger partial charge in [0.1, 0.15) is 11.3 Å². The van der Waals surface area contributed by atoms with Crippen molar-refractivity contribution in [3.8, 4) is 0 Å². The van der Waals surface area contributed by atoms with E-state index in [2.05, 4.69) is 19.9 Å². The minimum atomic E-state index is -3.81. The van der Waals surface area contributed by atoms with Gasteiger partial charge in [0, 0.05) is 74.5 Å². The average Bonchev–Trinajstić information content (AvgIpc) is 2.87. The Hall–Kier alpha value is -3.60. The van der Waals surface area contributed by atoms with E-state index in [1.54, 1.807) is 6.07 Å². The second-order valence-electron chi connectivity index (χ2n) is 8.92. The van der Waals surface area contributed by atoms with Gasteiger partial charge in [0.05, 0.1) is 19.8 Å². The zero-order valence-electron chi connectivity index (χ0n) is 21.8. The van der Waals surface area contributed by atoms with Gasteiger partial charge in [-0.2, -0.15) is 9.97 Å². The number of aromatic nitrogens is 6. The lowest BCUT2D eigenvalue weighted by Crippen LogP contribution is -2.30. The molecule has 14 nitrogen and oxygen atoms in total. The van der Waals surface area contributed by atoms with E-state index >= 15 is 0 Å². The van der Waals surface area contributed by atoms with Gasteiger partial charge in [-0.3, -0.25) is 18.7 Å². The molecule has 0 atom stereocenters. The maximum atomic E-state index is 13.7. The van der Waals surface area contributed by atoms with Crippen LogP contribution in [0.25, 0.3) is 22.1 Å². The van der Waals surface area contributed by atoms with Gasteiger partial charge in [0.2, 0.25) is 30.0 Å². The van der Waals surface area contributed by atoms with E-state index in [1.165, 1.54) is 42.8 Å². The molecule has 0 aliphatic carbocycles. The number of pyridine rings is 2. The van der Waals surface area contributed by atoms with E-state index < -0.39 is 41.1 Å². The van der Waals surface area contributed by atoms with Crippen molar-refractivity contribution in [2.45, 2.75) is 29.9 Å². The van der Waals surface area contributed by atoms with Crippen LogP contribution in [0.1, 0.15) is 16.7 Å². The lowest BCUT2D eigenvalue weighted by atomic mass is 10.1. The minimum Gasteiger partial charge on any atom is -0.384 e. The third kappa shape index (κ3) is 5.45. The van der Waals surface area contributed by atoms with Crippen LogP contribution in [0.5, 0.6) is 0 Å². The van der Waals surface area contributed by atoms with Crippen LogP contribution in [-0.4, -0.2) is 79.2 Å². The predicted octanol–water partition coefficient (Wildman–Crippen LogP) is -0.376. The third-order valence-electron chi connectivity index (χ3n) is 6.04. The number of fused-ring (bicyclic) bond motifs is 2. The van der Waals surface area contributed by atoms with Crippen LogP contribution in [0.15, 0.2) is 38.4 Å². The van der Waals surface area contributed by atoms with E-state index in [0.29, 0.717) is 21.9 Å². The van der Waals surface area contributed by atoms with Crippen LogP contribution in [-0.2, 0) is 55.8 Å². The van der Waals surface area contributed by atoms with Crippen LogP contribution < -0.4 is 11.1 Å². The van der Waals surface area contributed by atoms with Crippen molar-refractivity contribution >= 4 is 41.7 Å². The molecule has 0 fully saturated rings. The summed E-state index contributed by atoms with van der Waals surface area (Å²) in [4.78, 5) is 43.2. The Kier molecular flexibility index (Phi) is 7.66. The van der Waals surface area contributed by atoms with E-state index in [4.69, 9.17) is 9.47 Å². The van der Waals surface area contributed by atoms with Gasteiger partial charge in [-0.15, -0.1) is 0 Å². The molecule has 0 unspecified atom stereocenters. The molecule has 0 saturated carbocycles. The first kappa shape index (κ1) is 28.4. The van der Waals surface area contributed by atoms with Crippen molar-refractivity contribution in [2.24, 2.45) is 7.05 Å². The summed E-state index contributed by atoms with van der Waals surface area (Å²) in [6.45, 7) is -0.135. The number of hydrogen-bond acceptors (Lipinski definition) is 12. The molecular weight excluding hydrogens is 552 g/mol. The first-order valence-electron chi connectivity index (χ1n) is 11.4. The summed E-state index contributed by atoms with van der Waals surface area (Å²) < 4.78 is 61.4. The number of sulfone groups is 2. The van der Waals surface area contributed by atoms with Crippen LogP contribution in [0.3, 0.4) is 0 Å². The smallest absolute Gasteiger partial charge is 0.257 e. The average molecular weight is 579 g/mol. The monoisotopic (exact) mass is 578 g/mol. The van der Waals surface area contributed by atoms with Crippen molar-refractivity contribution in [2.75, 3.05) is 33.3 Å². The highest BCUT2D eigenvalue weighted by molar-refractivity contribution is 7.90. The van der Waals surface area contributed by atoms with Gasteiger partial charge in [0.15, 0.2) is 0 Å². The van der Waals surface area contributed by atoms with Gasteiger partial charge in [-0.25, -0.2) is 26.8 Å². The molecule has 208 valence electrons. The first-order chi connectivity index (χ1) is 18.3.